The van der Waals surface area contributed by atoms with Crippen LogP contribution in [0.4, 0.5) is 0 Å². The Balaban J connectivity index is 1.99. The summed E-state index contributed by atoms with van der Waals surface area (Å²) in [5, 5.41) is 1.29. The van der Waals surface area contributed by atoms with Gasteiger partial charge in [-0.25, -0.2) is 5.06 Å². The number of hydrogen-bond acceptors (Lipinski definition) is 3. The van der Waals surface area contributed by atoms with Crippen LogP contribution in [0.2, 0.25) is 0 Å². The molecule has 0 saturated heterocycles. The highest BCUT2D eigenvalue weighted by molar-refractivity contribution is 5.76. The van der Waals surface area contributed by atoms with Crippen molar-refractivity contribution in [2.75, 3.05) is 27.2 Å². The van der Waals surface area contributed by atoms with E-state index in [-0.39, 0.29) is 5.91 Å². The van der Waals surface area contributed by atoms with Gasteiger partial charge >= 0.3 is 0 Å². The molecule has 0 radical (unpaired) electrons. The zero-order valence-electron chi connectivity index (χ0n) is 16.1. The third-order valence-electron chi connectivity index (χ3n) is 4.51. The van der Waals surface area contributed by atoms with E-state index < -0.39 is 0 Å². The highest BCUT2D eigenvalue weighted by atomic mass is 16.7. The third kappa shape index (κ3) is 6.62. The number of hydrogen-bond donors (Lipinski definition) is 0. The number of amides is 1. The van der Waals surface area contributed by atoms with Crippen LogP contribution in [0.15, 0.2) is 54.6 Å². The van der Waals surface area contributed by atoms with Crippen molar-refractivity contribution >= 4 is 5.91 Å². The van der Waals surface area contributed by atoms with E-state index in [2.05, 4.69) is 48.2 Å². The van der Waals surface area contributed by atoms with Gasteiger partial charge in [-0.15, -0.1) is 0 Å². The standard InChI is InChI=1S/C22H30N2O2/c1-4-8-19-11-13-20(14-12-19)15-16-24(18-22(25)23(2)26-3)17-21-9-6-5-7-10-21/h5-7,9-14H,4,8,15-18H2,1-3H3. The molecule has 0 fully saturated rings. The van der Waals surface area contributed by atoms with Crippen LogP contribution in [0.1, 0.15) is 30.0 Å². The summed E-state index contributed by atoms with van der Waals surface area (Å²) in [7, 11) is 3.16. The van der Waals surface area contributed by atoms with Gasteiger partial charge in [-0.2, -0.15) is 0 Å². The minimum Gasteiger partial charge on any atom is -0.290 e. The van der Waals surface area contributed by atoms with Gasteiger partial charge in [0.1, 0.15) is 0 Å². The minimum atomic E-state index is -0.0401. The maximum atomic E-state index is 12.3. The van der Waals surface area contributed by atoms with E-state index in [0.717, 1.165) is 25.9 Å². The van der Waals surface area contributed by atoms with E-state index in [4.69, 9.17) is 4.84 Å². The normalized spacial score (nSPS) is 10.9. The number of benzene rings is 2. The van der Waals surface area contributed by atoms with Gasteiger partial charge in [-0.1, -0.05) is 67.9 Å². The molecule has 0 heterocycles. The van der Waals surface area contributed by atoms with E-state index in [0.29, 0.717) is 6.54 Å². The lowest BCUT2D eigenvalue weighted by Crippen LogP contribution is -2.38. The van der Waals surface area contributed by atoms with Crippen LogP contribution >= 0.6 is 0 Å². The summed E-state index contributed by atoms with van der Waals surface area (Å²) in [5.41, 5.74) is 3.89. The average molecular weight is 354 g/mol. The Labute approximate surface area is 157 Å². The second-order valence-corrected chi connectivity index (χ2v) is 6.59. The molecule has 0 aliphatic carbocycles. The molecule has 0 spiro atoms. The van der Waals surface area contributed by atoms with Crippen LogP contribution in [0, 0.1) is 0 Å². The molecule has 0 saturated carbocycles. The number of aryl methyl sites for hydroxylation is 1. The number of nitrogens with zero attached hydrogens (tertiary/aromatic N) is 2. The van der Waals surface area contributed by atoms with Crippen LogP contribution in [-0.2, 0) is 29.0 Å². The molecule has 2 aromatic rings. The van der Waals surface area contributed by atoms with Gasteiger partial charge in [0.05, 0.1) is 13.7 Å². The highest BCUT2D eigenvalue weighted by Gasteiger charge is 2.15. The molecule has 4 nitrogen and oxygen atoms in total. The molecular formula is C22H30N2O2. The van der Waals surface area contributed by atoms with Gasteiger partial charge in [0, 0.05) is 20.1 Å². The Morgan fingerprint density at radius 3 is 2.12 bits per heavy atom. The highest BCUT2D eigenvalue weighted by Crippen LogP contribution is 2.10. The summed E-state index contributed by atoms with van der Waals surface area (Å²) in [4.78, 5) is 19.5. The Kier molecular flexibility index (Phi) is 8.32. The number of hydroxylamine groups is 2. The predicted octanol–water partition coefficient (Wildman–Crippen LogP) is 3.70. The van der Waals surface area contributed by atoms with Crippen molar-refractivity contribution in [2.24, 2.45) is 0 Å². The van der Waals surface area contributed by atoms with Crippen molar-refractivity contribution in [3.8, 4) is 0 Å². The summed E-state index contributed by atoms with van der Waals surface area (Å²) in [6.07, 6.45) is 3.21. The maximum Gasteiger partial charge on any atom is 0.260 e. The lowest BCUT2D eigenvalue weighted by molar-refractivity contribution is -0.169. The van der Waals surface area contributed by atoms with Crippen LogP contribution < -0.4 is 0 Å². The molecule has 2 rings (SSSR count). The molecule has 4 heteroatoms. The molecule has 1 amide bonds. The molecule has 0 aliphatic heterocycles. The lowest BCUT2D eigenvalue weighted by atomic mass is 10.1. The first-order valence-electron chi connectivity index (χ1n) is 9.27. The average Bonchev–Trinajstić information content (AvgIpc) is 2.67. The monoisotopic (exact) mass is 354 g/mol. The molecule has 0 unspecified atom stereocenters. The fourth-order valence-electron chi connectivity index (χ4n) is 2.90. The Hall–Kier alpha value is -2.17. The van der Waals surface area contributed by atoms with Crippen LogP contribution in [0.5, 0.6) is 0 Å². The van der Waals surface area contributed by atoms with Gasteiger partial charge in [-0.3, -0.25) is 14.5 Å². The first-order valence-corrected chi connectivity index (χ1v) is 9.27. The van der Waals surface area contributed by atoms with Crippen LogP contribution in [-0.4, -0.2) is 43.1 Å². The summed E-state index contributed by atoms with van der Waals surface area (Å²) >= 11 is 0. The van der Waals surface area contributed by atoms with E-state index in [1.165, 1.54) is 35.3 Å². The van der Waals surface area contributed by atoms with Crippen LogP contribution in [0.25, 0.3) is 0 Å². The van der Waals surface area contributed by atoms with E-state index in [1.807, 2.05) is 18.2 Å². The number of rotatable bonds is 10. The topological polar surface area (TPSA) is 32.8 Å². The lowest BCUT2D eigenvalue weighted by Gasteiger charge is -2.24. The van der Waals surface area contributed by atoms with Crippen molar-refractivity contribution in [2.45, 2.75) is 32.7 Å². The second kappa shape index (κ2) is 10.7. The molecule has 0 aliphatic rings. The van der Waals surface area contributed by atoms with Gasteiger partial charge in [-0.05, 0) is 29.5 Å². The number of carbonyl (C=O) groups is 1. The Bertz CT molecular complexity index is 656. The number of carbonyl (C=O) groups excluding carboxylic acids is 1. The smallest absolute Gasteiger partial charge is 0.260 e. The molecule has 0 aromatic heterocycles. The molecule has 0 N–H and O–H groups in total. The van der Waals surface area contributed by atoms with Gasteiger partial charge in [0.2, 0.25) is 0 Å². The van der Waals surface area contributed by atoms with Gasteiger partial charge < -0.3 is 0 Å². The summed E-state index contributed by atoms with van der Waals surface area (Å²) in [5.74, 6) is -0.0401. The third-order valence-corrected chi connectivity index (χ3v) is 4.51. The second-order valence-electron chi connectivity index (χ2n) is 6.59. The van der Waals surface area contributed by atoms with Gasteiger partial charge in [0.15, 0.2) is 0 Å². The Morgan fingerprint density at radius 1 is 0.923 bits per heavy atom. The fraction of sp³-hybridized carbons (Fsp3) is 0.409. The number of likely N-dealkylation sites (N-methyl/N-ethyl adjacent to an activating group) is 1. The molecule has 140 valence electrons. The zero-order chi connectivity index (χ0) is 18.8. The first kappa shape index (κ1) is 20.1. The van der Waals surface area contributed by atoms with E-state index in [1.54, 1.807) is 7.05 Å². The van der Waals surface area contributed by atoms with Crippen molar-refractivity contribution in [3.63, 3.8) is 0 Å². The predicted molar refractivity (Wildman–Crippen MR) is 106 cm³/mol. The van der Waals surface area contributed by atoms with Gasteiger partial charge in [0.25, 0.3) is 5.91 Å². The van der Waals surface area contributed by atoms with Crippen molar-refractivity contribution in [3.05, 3.63) is 71.3 Å². The van der Waals surface area contributed by atoms with Crippen molar-refractivity contribution < 1.29 is 9.63 Å². The summed E-state index contributed by atoms with van der Waals surface area (Å²) in [6.45, 7) is 4.11. The largest absolute Gasteiger partial charge is 0.290 e. The van der Waals surface area contributed by atoms with E-state index >= 15 is 0 Å². The summed E-state index contributed by atoms with van der Waals surface area (Å²) < 4.78 is 0. The molecular weight excluding hydrogens is 324 g/mol. The van der Waals surface area contributed by atoms with Crippen molar-refractivity contribution in [1.82, 2.24) is 9.96 Å². The molecule has 0 bridgehead atoms. The zero-order valence-corrected chi connectivity index (χ0v) is 16.1. The summed E-state index contributed by atoms with van der Waals surface area (Å²) in [6, 6.07) is 19.1. The quantitative estimate of drug-likeness (QED) is 0.610. The molecule has 2 aromatic carbocycles. The first-order chi connectivity index (χ1) is 12.6. The van der Waals surface area contributed by atoms with Crippen LogP contribution in [0.3, 0.4) is 0 Å². The minimum absolute atomic E-state index is 0.0401. The molecule has 26 heavy (non-hydrogen) atoms. The van der Waals surface area contributed by atoms with E-state index in [9.17, 15) is 4.79 Å². The van der Waals surface area contributed by atoms with Crippen molar-refractivity contribution in [1.29, 1.82) is 0 Å². The molecule has 0 atom stereocenters. The fourth-order valence-corrected chi connectivity index (χ4v) is 2.90. The Morgan fingerprint density at radius 2 is 1.54 bits per heavy atom. The SMILES string of the molecule is CCCc1ccc(CCN(CC(=O)N(C)OC)Cc2ccccc2)cc1. The maximum absolute atomic E-state index is 12.3.